The van der Waals surface area contributed by atoms with Crippen LogP contribution in [0.4, 0.5) is 4.39 Å². The second kappa shape index (κ2) is 11.2. The molecule has 9 heteroatoms. The number of guanidine groups is 1. The normalized spacial score (nSPS) is 11.6. The second-order valence-corrected chi connectivity index (χ2v) is 7.38. The van der Waals surface area contributed by atoms with Crippen LogP contribution in [-0.4, -0.2) is 28.0 Å². The number of hydrogen-bond donors (Lipinski definition) is 3. The predicted molar refractivity (Wildman–Crippen MR) is 116 cm³/mol. The van der Waals surface area contributed by atoms with E-state index in [0.29, 0.717) is 31.2 Å². The van der Waals surface area contributed by atoms with Gasteiger partial charge in [0, 0.05) is 18.7 Å². The van der Waals surface area contributed by atoms with Gasteiger partial charge >= 0.3 is 0 Å². The standard InChI is InChI=1S/C18H23FN4O2S.HI/c1-3-21-18(23-13-15-6-4-5-7-17(15)19)22-12-14-8-10-16(11-9-14)26(24,25)20-2;/h4-11,20H,3,12-13H2,1-2H3,(H2,21,22,23);1H. The van der Waals surface area contributed by atoms with Crippen LogP contribution in [0.5, 0.6) is 0 Å². The summed E-state index contributed by atoms with van der Waals surface area (Å²) in [6.07, 6.45) is 0. The summed E-state index contributed by atoms with van der Waals surface area (Å²) in [5, 5.41) is 6.18. The summed E-state index contributed by atoms with van der Waals surface area (Å²) in [4.78, 5) is 4.65. The molecule has 6 nitrogen and oxygen atoms in total. The third-order valence-corrected chi connectivity index (χ3v) is 5.10. The van der Waals surface area contributed by atoms with E-state index in [-0.39, 0.29) is 34.7 Å². The monoisotopic (exact) mass is 506 g/mol. The molecule has 0 radical (unpaired) electrons. The first-order chi connectivity index (χ1) is 12.5. The molecule has 2 aromatic rings. The predicted octanol–water partition coefficient (Wildman–Crippen LogP) is 2.61. The smallest absolute Gasteiger partial charge is 0.240 e. The lowest BCUT2D eigenvalue weighted by atomic mass is 10.2. The van der Waals surface area contributed by atoms with Crippen molar-refractivity contribution in [3.05, 3.63) is 65.5 Å². The van der Waals surface area contributed by atoms with Gasteiger partial charge in [0.05, 0.1) is 11.4 Å². The number of hydrogen-bond acceptors (Lipinski definition) is 3. The molecule has 27 heavy (non-hydrogen) atoms. The summed E-state index contributed by atoms with van der Waals surface area (Å²) in [6, 6.07) is 13.1. The van der Waals surface area contributed by atoms with Gasteiger partial charge in [0.25, 0.3) is 0 Å². The first-order valence-electron chi connectivity index (χ1n) is 8.24. The van der Waals surface area contributed by atoms with E-state index in [1.165, 1.54) is 25.2 Å². The van der Waals surface area contributed by atoms with Crippen LogP contribution in [0, 0.1) is 5.82 Å². The topological polar surface area (TPSA) is 82.6 Å². The molecule has 0 heterocycles. The molecule has 0 fully saturated rings. The fourth-order valence-corrected chi connectivity index (χ4v) is 2.95. The summed E-state index contributed by atoms with van der Waals surface area (Å²) in [5.41, 5.74) is 1.42. The highest BCUT2D eigenvalue weighted by Crippen LogP contribution is 2.11. The van der Waals surface area contributed by atoms with Gasteiger partial charge in [0.2, 0.25) is 10.0 Å². The third kappa shape index (κ3) is 7.07. The molecule has 0 aliphatic carbocycles. The van der Waals surface area contributed by atoms with Crippen LogP contribution in [0.15, 0.2) is 58.4 Å². The first kappa shape index (κ1) is 23.3. The number of rotatable bonds is 7. The van der Waals surface area contributed by atoms with Gasteiger partial charge in [-0.05, 0) is 37.7 Å². The average Bonchev–Trinajstić information content (AvgIpc) is 2.65. The van der Waals surface area contributed by atoms with Gasteiger partial charge in [-0.15, -0.1) is 24.0 Å². The minimum Gasteiger partial charge on any atom is -0.357 e. The molecule has 2 rings (SSSR count). The minimum atomic E-state index is -3.44. The summed E-state index contributed by atoms with van der Waals surface area (Å²) in [5.74, 6) is 0.292. The molecule has 0 bridgehead atoms. The van der Waals surface area contributed by atoms with Gasteiger partial charge in [0.15, 0.2) is 5.96 Å². The van der Waals surface area contributed by atoms with Crippen LogP contribution in [0.2, 0.25) is 0 Å². The molecular weight excluding hydrogens is 482 g/mol. The molecule has 0 atom stereocenters. The lowest BCUT2D eigenvalue weighted by Gasteiger charge is -2.12. The van der Waals surface area contributed by atoms with Crippen LogP contribution in [0.1, 0.15) is 18.1 Å². The Morgan fingerprint density at radius 1 is 1.07 bits per heavy atom. The number of aliphatic imine (C=N–C) groups is 1. The van der Waals surface area contributed by atoms with Gasteiger partial charge in [0.1, 0.15) is 5.82 Å². The lowest BCUT2D eigenvalue weighted by molar-refractivity contribution is 0.588. The number of sulfonamides is 1. The Labute approximate surface area is 176 Å². The highest BCUT2D eigenvalue weighted by molar-refractivity contribution is 14.0. The summed E-state index contributed by atoms with van der Waals surface area (Å²) < 4.78 is 39.4. The van der Waals surface area contributed by atoms with E-state index in [0.717, 1.165) is 5.56 Å². The van der Waals surface area contributed by atoms with Crippen LogP contribution in [0.3, 0.4) is 0 Å². The van der Waals surface area contributed by atoms with Crippen molar-refractivity contribution in [3.63, 3.8) is 0 Å². The first-order valence-corrected chi connectivity index (χ1v) is 9.72. The van der Waals surface area contributed by atoms with Crippen molar-refractivity contribution < 1.29 is 12.8 Å². The van der Waals surface area contributed by atoms with Gasteiger partial charge in [-0.3, -0.25) is 0 Å². The lowest BCUT2D eigenvalue weighted by Crippen LogP contribution is -2.37. The number of halogens is 2. The maximum absolute atomic E-state index is 13.7. The van der Waals surface area contributed by atoms with E-state index < -0.39 is 10.0 Å². The van der Waals surface area contributed by atoms with E-state index >= 15 is 0 Å². The van der Waals surface area contributed by atoms with Crippen molar-refractivity contribution in [1.82, 2.24) is 15.4 Å². The van der Waals surface area contributed by atoms with Crippen molar-refractivity contribution in [1.29, 1.82) is 0 Å². The number of benzene rings is 2. The Morgan fingerprint density at radius 3 is 2.33 bits per heavy atom. The maximum Gasteiger partial charge on any atom is 0.240 e. The zero-order valence-corrected chi connectivity index (χ0v) is 18.3. The quantitative estimate of drug-likeness (QED) is 0.307. The summed E-state index contributed by atoms with van der Waals surface area (Å²) >= 11 is 0. The zero-order valence-electron chi connectivity index (χ0n) is 15.2. The van der Waals surface area contributed by atoms with Crippen molar-refractivity contribution in [3.8, 4) is 0 Å². The molecule has 0 unspecified atom stereocenters. The number of nitrogens with zero attached hydrogens (tertiary/aromatic N) is 1. The number of nitrogens with one attached hydrogen (secondary N) is 3. The van der Waals surface area contributed by atoms with Crippen LogP contribution in [-0.2, 0) is 23.1 Å². The van der Waals surface area contributed by atoms with Crippen LogP contribution >= 0.6 is 24.0 Å². The molecule has 0 saturated heterocycles. The average molecular weight is 506 g/mol. The van der Waals surface area contributed by atoms with E-state index in [1.807, 2.05) is 6.92 Å². The SMILES string of the molecule is CCNC(=NCc1ccc(S(=O)(=O)NC)cc1)NCc1ccccc1F.I. The fraction of sp³-hybridized carbons (Fsp3) is 0.278. The minimum absolute atomic E-state index is 0. The van der Waals surface area contributed by atoms with Gasteiger partial charge in [-0.1, -0.05) is 30.3 Å². The molecule has 0 amide bonds. The summed E-state index contributed by atoms with van der Waals surface area (Å²) in [6.45, 7) is 3.30. The largest absolute Gasteiger partial charge is 0.357 e. The highest BCUT2D eigenvalue weighted by atomic mass is 127. The molecular formula is C18H24FIN4O2S. The van der Waals surface area contributed by atoms with Crippen molar-refractivity contribution >= 4 is 40.0 Å². The molecule has 0 aliphatic rings. The van der Waals surface area contributed by atoms with E-state index in [4.69, 9.17) is 0 Å². The van der Waals surface area contributed by atoms with E-state index in [9.17, 15) is 12.8 Å². The molecule has 3 N–H and O–H groups in total. The van der Waals surface area contributed by atoms with E-state index in [1.54, 1.807) is 30.3 Å². The van der Waals surface area contributed by atoms with Gasteiger partial charge in [-0.25, -0.2) is 22.5 Å². The Hall–Kier alpha value is -1.72. The van der Waals surface area contributed by atoms with Crippen LogP contribution in [0.25, 0.3) is 0 Å². The fourth-order valence-electron chi connectivity index (χ4n) is 2.22. The second-order valence-electron chi connectivity index (χ2n) is 5.49. The molecule has 0 aromatic heterocycles. The van der Waals surface area contributed by atoms with Gasteiger partial charge < -0.3 is 10.6 Å². The Kier molecular flexibility index (Phi) is 9.67. The molecule has 0 spiro atoms. The van der Waals surface area contributed by atoms with E-state index in [2.05, 4.69) is 20.3 Å². The Morgan fingerprint density at radius 2 is 1.74 bits per heavy atom. The highest BCUT2D eigenvalue weighted by Gasteiger charge is 2.10. The van der Waals surface area contributed by atoms with Crippen molar-refractivity contribution in [2.75, 3.05) is 13.6 Å². The molecule has 0 aliphatic heterocycles. The van der Waals surface area contributed by atoms with Crippen molar-refractivity contribution in [2.45, 2.75) is 24.9 Å². The maximum atomic E-state index is 13.7. The molecule has 2 aromatic carbocycles. The van der Waals surface area contributed by atoms with Gasteiger partial charge in [-0.2, -0.15) is 0 Å². The van der Waals surface area contributed by atoms with Crippen LogP contribution < -0.4 is 15.4 Å². The van der Waals surface area contributed by atoms with Crippen molar-refractivity contribution in [2.24, 2.45) is 4.99 Å². The molecule has 148 valence electrons. The molecule has 0 saturated carbocycles. The Balaban J connectivity index is 0.00000364. The third-order valence-electron chi connectivity index (χ3n) is 3.67. The Bertz CT molecular complexity index is 858. The summed E-state index contributed by atoms with van der Waals surface area (Å²) in [7, 11) is -2.07. The zero-order chi connectivity index (χ0) is 19.0.